The maximum absolute atomic E-state index is 12.0. The number of rotatable bonds is 6. The number of alkyl halides is 3. The maximum atomic E-state index is 12.0. The lowest BCUT2D eigenvalue weighted by Gasteiger charge is -2.11. The molecular weight excluding hydrogens is 295 g/mol. The van der Waals surface area contributed by atoms with Crippen LogP contribution in [0.1, 0.15) is 28.8 Å². The van der Waals surface area contributed by atoms with E-state index in [-0.39, 0.29) is 29.9 Å². The molecule has 116 valence electrons. The van der Waals surface area contributed by atoms with E-state index < -0.39 is 29.2 Å². The van der Waals surface area contributed by atoms with E-state index in [1.807, 2.05) is 0 Å². The second-order valence-corrected chi connectivity index (χ2v) is 4.25. The highest BCUT2D eigenvalue weighted by Gasteiger charge is 2.26. The van der Waals surface area contributed by atoms with Gasteiger partial charge in [0.25, 0.3) is 5.69 Å². The average Bonchev–Trinajstić information content (AvgIpc) is 2.34. The highest BCUT2D eigenvalue weighted by Crippen LogP contribution is 2.30. The van der Waals surface area contributed by atoms with Crippen LogP contribution in [0.15, 0.2) is 12.1 Å². The van der Waals surface area contributed by atoms with Gasteiger partial charge in [0.05, 0.1) is 22.7 Å². The van der Waals surface area contributed by atoms with Crippen molar-refractivity contribution in [2.45, 2.75) is 25.9 Å². The molecule has 6 nitrogen and oxygen atoms in total. The molecule has 0 saturated carbocycles. The monoisotopic (exact) mass is 307 g/mol. The quantitative estimate of drug-likeness (QED) is 0.494. The van der Waals surface area contributed by atoms with Gasteiger partial charge in [-0.05, 0) is 19.4 Å². The smallest absolute Gasteiger partial charge is 0.389 e. The lowest BCUT2D eigenvalue weighted by molar-refractivity contribution is -0.385. The summed E-state index contributed by atoms with van der Waals surface area (Å²) in [6.07, 6.45) is -5.69. The van der Waals surface area contributed by atoms with E-state index in [2.05, 4.69) is 0 Å². The van der Waals surface area contributed by atoms with Crippen LogP contribution in [0.5, 0.6) is 5.75 Å². The number of carboxylic acids is 1. The second kappa shape index (κ2) is 6.42. The summed E-state index contributed by atoms with van der Waals surface area (Å²) in [5.74, 6) is -1.50. The molecule has 0 saturated heterocycles. The van der Waals surface area contributed by atoms with Crippen molar-refractivity contribution in [3.05, 3.63) is 33.4 Å². The van der Waals surface area contributed by atoms with Crippen molar-refractivity contribution in [1.29, 1.82) is 0 Å². The fourth-order valence-electron chi connectivity index (χ4n) is 1.59. The van der Waals surface area contributed by atoms with E-state index in [1.165, 1.54) is 6.92 Å². The minimum absolute atomic E-state index is 0.0667. The number of hydrogen-bond donors (Lipinski definition) is 1. The molecule has 0 amide bonds. The van der Waals surface area contributed by atoms with Crippen molar-refractivity contribution < 1.29 is 32.7 Å². The normalized spacial score (nSPS) is 11.2. The summed E-state index contributed by atoms with van der Waals surface area (Å²) in [5.41, 5.74) is -0.754. The zero-order chi connectivity index (χ0) is 16.2. The number of benzene rings is 1. The first kappa shape index (κ1) is 16.7. The molecule has 0 spiro atoms. The van der Waals surface area contributed by atoms with Gasteiger partial charge in [-0.2, -0.15) is 13.2 Å². The third-order valence-corrected chi connectivity index (χ3v) is 2.64. The van der Waals surface area contributed by atoms with Crippen LogP contribution in [-0.4, -0.2) is 28.8 Å². The summed E-state index contributed by atoms with van der Waals surface area (Å²) in [7, 11) is 0. The molecule has 1 N–H and O–H groups in total. The number of nitrogens with zero attached hydrogens (tertiary/aromatic N) is 1. The van der Waals surface area contributed by atoms with E-state index in [9.17, 15) is 28.1 Å². The van der Waals surface area contributed by atoms with Gasteiger partial charge in [-0.3, -0.25) is 10.1 Å². The number of nitro benzene ring substituents is 1. The van der Waals surface area contributed by atoms with Crippen molar-refractivity contribution >= 4 is 11.7 Å². The van der Waals surface area contributed by atoms with Crippen LogP contribution in [0.25, 0.3) is 0 Å². The third-order valence-electron chi connectivity index (χ3n) is 2.64. The molecule has 9 heteroatoms. The first-order chi connectivity index (χ1) is 9.61. The maximum Gasteiger partial charge on any atom is 0.389 e. The van der Waals surface area contributed by atoms with Gasteiger partial charge in [0, 0.05) is 12.5 Å². The van der Waals surface area contributed by atoms with Crippen LogP contribution in [0, 0.1) is 17.0 Å². The Morgan fingerprint density at radius 3 is 2.52 bits per heavy atom. The van der Waals surface area contributed by atoms with Gasteiger partial charge in [0.15, 0.2) is 0 Å². The largest absolute Gasteiger partial charge is 0.493 e. The lowest BCUT2D eigenvalue weighted by Crippen LogP contribution is -2.10. The molecule has 0 atom stereocenters. The zero-order valence-corrected chi connectivity index (χ0v) is 10.9. The van der Waals surface area contributed by atoms with Crippen molar-refractivity contribution in [3.8, 4) is 5.75 Å². The number of aromatic carboxylic acids is 1. The highest BCUT2D eigenvalue weighted by molar-refractivity contribution is 5.89. The zero-order valence-electron chi connectivity index (χ0n) is 10.9. The Morgan fingerprint density at radius 1 is 1.43 bits per heavy atom. The van der Waals surface area contributed by atoms with Crippen LogP contribution < -0.4 is 4.74 Å². The molecule has 0 radical (unpaired) electrons. The Labute approximate surface area is 117 Å². The summed E-state index contributed by atoms with van der Waals surface area (Å²) in [5, 5.41) is 19.7. The van der Waals surface area contributed by atoms with E-state index in [4.69, 9.17) is 9.84 Å². The Bertz CT molecular complexity index is 557. The predicted octanol–water partition coefficient (Wildman–Crippen LogP) is 3.32. The number of hydrogen-bond acceptors (Lipinski definition) is 4. The molecule has 1 aromatic carbocycles. The molecular formula is C12H12F3NO5. The van der Waals surface area contributed by atoms with Crippen molar-refractivity contribution in [3.63, 3.8) is 0 Å². The molecule has 0 aliphatic heterocycles. The Balaban J connectivity index is 2.90. The predicted molar refractivity (Wildman–Crippen MR) is 65.6 cm³/mol. The number of carbonyl (C=O) groups is 1. The molecule has 1 aromatic rings. The molecule has 1 rings (SSSR count). The van der Waals surface area contributed by atoms with E-state index in [0.29, 0.717) is 0 Å². The number of halogens is 3. The summed E-state index contributed by atoms with van der Waals surface area (Å²) in [6, 6.07) is 1.93. The van der Waals surface area contributed by atoms with Gasteiger partial charge in [0.2, 0.25) is 0 Å². The van der Waals surface area contributed by atoms with Gasteiger partial charge >= 0.3 is 12.1 Å². The van der Waals surface area contributed by atoms with E-state index in [0.717, 1.165) is 12.1 Å². The summed E-state index contributed by atoms with van der Waals surface area (Å²) >= 11 is 0. The summed E-state index contributed by atoms with van der Waals surface area (Å²) in [4.78, 5) is 20.9. The van der Waals surface area contributed by atoms with Crippen LogP contribution in [0.3, 0.4) is 0 Å². The van der Waals surface area contributed by atoms with Crippen LogP contribution in [0.4, 0.5) is 18.9 Å². The molecule has 0 unspecified atom stereocenters. The van der Waals surface area contributed by atoms with Gasteiger partial charge in [-0.1, -0.05) is 0 Å². The second-order valence-electron chi connectivity index (χ2n) is 4.25. The Kier molecular flexibility index (Phi) is 5.12. The fraction of sp³-hybridized carbons (Fsp3) is 0.417. The van der Waals surface area contributed by atoms with Crippen LogP contribution in [0.2, 0.25) is 0 Å². The first-order valence-electron chi connectivity index (χ1n) is 5.83. The fourth-order valence-corrected chi connectivity index (χ4v) is 1.59. The van der Waals surface area contributed by atoms with Crippen molar-refractivity contribution in [2.24, 2.45) is 0 Å². The number of nitro groups is 1. The molecule has 21 heavy (non-hydrogen) atoms. The number of carboxylic acid groups (broad SMARTS) is 1. The topological polar surface area (TPSA) is 89.7 Å². The number of ether oxygens (including phenoxy) is 1. The lowest BCUT2D eigenvalue weighted by atomic mass is 10.1. The highest BCUT2D eigenvalue weighted by atomic mass is 19.4. The minimum atomic E-state index is -4.31. The van der Waals surface area contributed by atoms with Gasteiger partial charge < -0.3 is 9.84 Å². The van der Waals surface area contributed by atoms with Gasteiger partial charge in [-0.25, -0.2) is 4.79 Å². The molecule has 0 fully saturated rings. The van der Waals surface area contributed by atoms with E-state index in [1.54, 1.807) is 0 Å². The molecule has 0 bridgehead atoms. The van der Waals surface area contributed by atoms with E-state index >= 15 is 0 Å². The molecule has 0 aromatic heterocycles. The van der Waals surface area contributed by atoms with Gasteiger partial charge in [0.1, 0.15) is 5.75 Å². The van der Waals surface area contributed by atoms with Crippen molar-refractivity contribution in [1.82, 2.24) is 0 Å². The van der Waals surface area contributed by atoms with Crippen LogP contribution >= 0.6 is 0 Å². The SMILES string of the molecule is Cc1c(OCCCC(F)(F)F)cc(C(=O)O)cc1[N+](=O)[O-]. The van der Waals surface area contributed by atoms with Gasteiger partial charge in [-0.15, -0.1) is 0 Å². The Hall–Kier alpha value is -2.32. The minimum Gasteiger partial charge on any atom is -0.493 e. The summed E-state index contributed by atoms with van der Waals surface area (Å²) < 4.78 is 41.0. The van der Waals surface area contributed by atoms with Crippen molar-refractivity contribution in [2.75, 3.05) is 6.61 Å². The Morgan fingerprint density at radius 2 is 2.05 bits per heavy atom. The third kappa shape index (κ3) is 4.93. The summed E-state index contributed by atoms with van der Waals surface area (Å²) in [6.45, 7) is 1.02. The van der Waals surface area contributed by atoms with Crippen LogP contribution in [-0.2, 0) is 0 Å². The average molecular weight is 307 g/mol. The molecule has 0 heterocycles. The molecule has 0 aliphatic carbocycles. The first-order valence-corrected chi connectivity index (χ1v) is 5.83. The standard InChI is InChI=1S/C12H12F3NO5/c1-7-9(16(19)20)5-8(11(17)18)6-10(7)21-4-2-3-12(13,14)15/h5-6H,2-4H2,1H3,(H,17,18). The molecule has 0 aliphatic rings.